The third kappa shape index (κ3) is 3.09. The van der Waals surface area contributed by atoms with Crippen LogP contribution in [0.1, 0.15) is 47.0 Å². The Labute approximate surface area is 104 Å². The zero-order valence-corrected chi connectivity index (χ0v) is 11.3. The summed E-state index contributed by atoms with van der Waals surface area (Å²) in [5.41, 5.74) is -1.25. The summed E-state index contributed by atoms with van der Waals surface area (Å²) in [5.74, 6) is -0.128. The maximum Gasteiger partial charge on any atom is 0.0720 e. The molecule has 0 aliphatic heterocycles. The van der Waals surface area contributed by atoms with Crippen molar-refractivity contribution in [2.75, 3.05) is 0 Å². The predicted octanol–water partition coefficient (Wildman–Crippen LogP) is 1.86. The van der Waals surface area contributed by atoms with E-state index in [0.29, 0.717) is 6.42 Å². The van der Waals surface area contributed by atoms with Gasteiger partial charge in [-0.05, 0) is 18.8 Å². The van der Waals surface area contributed by atoms with Gasteiger partial charge in [-0.15, -0.1) is 0 Å². The van der Waals surface area contributed by atoms with Gasteiger partial charge in [0.05, 0.1) is 17.8 Å². The van der Waals surface area contributed by atoms with E-state index in [4.69, 9.17) is 0 Å². The van der Waals surface area contributed by atoms with Crippen molar-refractivity contribution >= 4 is 0 Å². The summed E-state index contributed by atoms with van der Waals surface area (Å²) in [4.78, 5) is 0. The molecule has 1 aliphatic carbocycles. The highest BCUT2D eigenvalue weighted by atomic mass is 16.3. The second-order valence-electron chi connectivity index (χ2n) is 6.12. The van der Waals surface area contributed by atoms with Crippen LogP contribution in [0.3, 0.4) is 0 Å². The minimum atomic E-state index is -0.897. The highest BCUT2D eigenvalue weighted by Crippen LogP contribution is 2.49. The van der Waals surface area contributed by atoms with Crippen molar-refractivity contribution in [3.05, 3.63) is 12.2 Å². The minimum absolute atomic E-state index is 0.128. The standard InChI is InChI=1S/C14H26O3/c1-5-6-10(15)7-8-11-13(2,3)12(16)9-14(11,4)17/h7-8,10-12,15-17H,5-6,9H2,1-4H3. The lowest BCUT2D eigenvalue weighted by Gasteiger charge is -2.32. The molecule has 0 heterocycles. The molecule has 3 N–H and O–H groups in total. The Morgan fingerprint density at radius 1 is 1.35 bits per heavy atom. The van der Waals surface area contributed by atoms with Crippen molar-refractivity contribution in [2.24, 2.45) is 11.3 Å². The molecule has 1 fully saturated rings. The fourth-order valence-corrected chi connectivity index (χ4v) is 2.88. The largest absolute Gasteiger partial charge is 0.392 e. The normalized spacial score (nSPS) is 38.8. The van der Waals surface area contributed by atoms with E-state index in [1.54, 1.807) is 13.0 Å². The third-order valence-corrected chi connectivity index (χ3v) is 4.05. The van der Waals surface area contributed by atoms with Crippen LogP contribution in [0.2, 0.25) is 0 Å². The van der Waals surface area contributed by atoms with E-state index >= 15 is 0 Å². The Morgan fingerprint density at radius 2 is 1.94 bits per heavy atom. The molecule has 0 saturated heterocycles. The first-order valence-electron chi connectivity index (χ1n) is 6.48. The van der Waals surface area contributed by atoms with Crippen molar-refractivity contribution in [3.8, 4) is 0 Å². The average molecular weight is 242 g/mol. The van der Waals surface area contributed by atoms with Gasteiger partial charge in [-0.1, -0.05) is 39.3 Å². The van der Waals surface area contributed by atoms with Gasteiger partial charge in [-0.2, -0.15) is 0 Å². The Kier molecular flexibility index (Phi) is 4.39. The average Bonchev–Trinajstić information content (AvgIpc) is 2.30. The summed E-state index contributed by atoms with van der Waals surface area (Å²) >= 11 is 0. The van der Waals surface area contributed by atoms with Crippen LogP contribution in [0.4, 0.5) is 0 Å². The van der Waals surface area contributed by atoms with E-state index < -0.39 is 17.8 Å². The molecule has 0 spiro atoms. The van der Waals surface area contributed by atoms with Crippen molar-refractivity contribution in [2.45, 2.75) is 64.8 Å². The van der Waals surface area contributed by atoms with Gasteiger partial charge in [0, 0.05) is 12.3 Å². The van der Waals surface area contributed by atoms with Crippen LogP contribution in [0, 0.1) is 11.3 Å². The SMILES string of the molecule is CCCC(O)C=CC1C(C)(O)CC(O)C1(C)C. The molecule has 0 aromatic carbocycles. The Bertz CT molecular complexity index is 281. The van der Waals surface area contributed by atoms with Crippen molar-refractivity contribution < 1.29 is 15.3 Å². The lowest BCUT2D eigenvalue weighted by molar-refractivity contribution is 0.0181. The highest BCUT2D eigenvalue weighted by Gasteiger charge is 2.53. The van der Waals surface area contributed by atoms with Gasteiger partial charge < -0.3 is 15.3 Å². The van der Waals surface area contributed by atoms with Crippen LogP contribution in [0.15, 0.2) is 12.2 Å². The third-order valence-electron chi connectivity index (χ3n) is 4.05. The summed E-state index contributed by atoms with van der Waals surface area (Å²) in [7, 11) is 0. The lowest BCUT2D eigenvalue weighted by Crippen LogP contribution is -2.35. The Hall–Kier alpha value is -0.380. The molecule has 3 nitrogen and oxygen atoms in total. The van der Waals surface area contributed by atoms with Crippen molar-refractivity contribution in [1.82, 2.24) is 0 Å². The summed E-state index contributed by atoms with van der Waals surface area (Å²) in [6, 6.07) is 0. The van der Waals surface area contributed by atoms with E-state index in [2.05, 4.69) is 0 Å². The molecule has 17 heavy (non-hydrogen) atoms. The monoisotopic (exact) mass is 242 g/mol. The number of hydrogen-bond acceptors (Lipinski definition) is 3. The lowest BCUT2D eigenvalue weighted by atomic mass is 9.76. The Morgan fingerprint density at radius 3 is 2.35 bits per heavy atom. The van der Waals surface area contributed by atoms with Gasteiger partial charge in [-0.25, -0.2) is 0 Å². The highest BCUT2D eigenvalue weighted by molar-refractivity contribution is 5.13. The Balaban J connectivity index is 2.80. The first-order chi connectivity index (χ1) is 7.71. The maximum atomic E-state index is 10.3. The molecule has 1 aliphatic rings. The second-order valence-corrected chi connectivity index (χ2v) is 6.12. The number of rotatable bonds is 4. The molecule has 0 amide bonds. The molecule has 0 aromatic heterocycles. The minimum Gasteiger partial charge on any atom is -0.392 e. The number of hydrogen-bond donors (Lipinski definition) is 3. The van der Waals surface area contributed by atoms with E-state index in [9.17, 15) is 15.3 Å². The van der Waals surface area contributed by atoms with Crippen LogP contribution in [0.5, 0.6) is 0 Å². The van der Waals surface area contributed by atoms with Gasteiger partial charge in [0.15, 0.2) is 0 Å². The van der Waals surface area contributed by atoms with Crippen molar-refractivity contribution in [3.63, 3.8) is 0 Å². The van der Waals surface area contributed by atoms with Crippen LogP contribution in [-0.2, 0) is 0 Å². The summed E-state index contributed by atoms with van der Waals surface area (Å²) in [6.45, 7) is 7.70. The molecule has 0 aromatic rings. The number of aliphatic hydroxyl groups excluding tert-OH is 2. The molecule has 0 bridgehead atoms. The molecule has 4 unspecified atom stereocenters. The van der Waals surface area contributed by atoms with Gasteiger partial charge in [-0.3, -0.25) is 0 Å². The topological polar surface area (TPSA) is 60.7 Å². The molecule has 100 valence electrons. The first-order valence-corrected chi connectivity index (χ1v) is 6.48. The van der Waals surface area contributed by atoms with Gasteiger partial charge >= 0.3 is 0 Å². The molecular weight excluding hydrogens is 216 g/mol. The molecule has 3 heteroatoms. The zero-order chi connectivity index (χ0) is 13.3. The van der Waals surface area contributed by atoms with Crippen LogP contribution >= 0.6 is 0 Å². The maximum absolute atomic E-state index is 10.3. The fourth-order valence-electron chi connectivity index (χ4n) is 2.88. The first kappa shape index (κ1) is 14.7. The van der Waals surface area contributed by atoms with Gasteiger partial charge in [0.1, 0.15) is 0 Å². The molecule has 1 saturated carbocycles. The quantitative estimate of drug-likeness (QED) is 0.659. The molecule has 0 radical (unpaired) electrons. The van der Waals surface area contributed by atoms with Crippen molar-refractivity contribution in [1.29, 1.82) is 0 Å². The zero-order valence-electron chi connectivity index (χ0n) is 11.3. The second kappa shape index (κ2) is 5.09. The van der Waals surface area contributed by atoms with E-state index in [-0.39, 0.29) is 11.3 Å². The van der Waals surface area contributed by atoms with Crippen LogP contribution < -0.4 is 0 Å². The summed E-state index contributed by atoms with van der Waals surface area (Å²) in [6.07, 6.45) is 4.71. The van der Waals surface area contributed by atoms with E-state index in [1.165, 1.54) is 0 Å². The molecule has 1 rings (SSSR count). The van der Waals surface area contributed by atoms with Crippen LogP contribution in [-0.4, -0.2) is 33.1 Å². The van der Waals surface area contributed by atoms with Gasteiger partial charge in [0.25, 0.3) is 0 Å². The summed E-state index contributed by atoms with van der Waals surface area (Å²) in [5, 5.41) is 30.0. The number of aliphatic hydroxyl groups is 3. The van der Waals surface area contributed by atoms with Crippen LogP contribution in [0.25, 0.3) is 0 Å². The predicted molar refractivity (Wildman–Crippen MR) is 68.6 cm³/mol. The molecular formula is C14H26O3. The summed E-state index contributed by atoms with van der Waals surface area (Å²) < 4.78 is 0. The fraction of sp³-hybridized carbons (Fsp3) is 0.857. The smallest absolute Gasteiger partial charge is 0.0720 e. The van der Waals surface area contributed by atoms with Gasteiger partial charge in [0.2, 0.25) is 0 Å². The van der Waals surface area contributed by atoms with E-state index in [1.807, 2.05) is 26.8 Å². The molecule has 4 atom stereocenters. The van der Waals surface area contributed by atoms with E-state index in [0.717, 1.165) is 12.8 Å².